The van der Waals surface area contributed by atoms with Crippen molar-refractivity contribution in [1.82, 2.24) is 4.98 Å². The minimum Gasteiger partial charge on any atom is -0.481 e. The van der Waals surface area contributed by atoms with E-state index in [1.54, 1.807) is 17.4 Å². The monoisotopic (exact) mass is 357 g/mol. The molecular formula is C13H9BrClNO2S. The molecule has 2 aromatic rings. The number of hydrogen-bond donors (Lipinski definition) is 1. The zero-order valence-electron chi connectivity index (χ0n) is 9.69. The molecule has 0 amide bonds. The third kappa shape index (κ3) is 2.30. The number of benzene rings is 1. The van der Waals surface area contributed by atoms with Gasteiger partial charge >= 0.3 is 5.97 Å². The van der Waals surface area contributed by atoms with E-state index in [2.05, 4.69) is 20.9 Å². The van der Waals surface area contributed by atoms with Crippen molar-refractivity contribution in [3.8, 4) is 10.6 Å². The standard InChI is InChI=1S/C13H9BrClNO2S/c14-9-3-1-6(15)5-8(9)12-16-11-7(13(17)18)2-4-10(11)19-12/h1,3,5,7H,2,4H2,(H,17,18). The summed E-state index contributed by atoms with van der Waals surface area (Å²) in [7, 11) is 0. The fraction of sp³-hybridized carbons (Fsp3) is 0.231. The van der Waals surface area contributed by atoms with Crippen LogP contribution in [-0.2, 0) is 11.2 Å². The summed E-state index contributed by atoms with van der Waals surface area (Å²) in [5.74, 6) is -1.25. The van der Waals surface area contributed by atoms with Gasteiger partial charge in [-0.15, -0.1) is 11.3 Å². The molecule has 3 nitrogen and oxygen atoms in total. The molecule has 1 aromatic heterocycles. The zero-order valence-corrected chi connectivity index (χ0v) is 12.8. The topological polar surface area (TPSA) is 50.2 Å². The summed E-state index contributed by atoms with van der Waals surface area (Å²) in [6, 6.07) is 5.52. The molecular weight excluding hydrogens is 350 g/mol. The lowest BCUT2D eigenvalue weighted by atomic mass is 10.1. The van der Waals surface area contributed by atoms with Crippen molar-refractivity contribution in [3.63, 3.8) is 0 Å². The van der Waals surface area contributed by atoms with Crippen LogP contribution in [-0.4, -0.2) is 16.1 Å². The van der Waals surface area contributed by atoms with Crippen molar-refractivity contribution in [2.24, 2.45) is 0 Å². The van der Waals surface area contributed by atoms with Crippen LogP contribution in [0.5, 0.6) is 0 Å². The van der Waals surface area contributed by atoms with E-state index < -0.39 is 11.9 Å². The summed E-state index contributed by atoms with van der Waals surface area (Å²) >= 11 is 11.0. The van der Waals surface area contributed by atoms with Gasteiger partial charge < -0.3 is 5.11 Å². The highest BCUT2D eigenvalue weighted by Crippen LogP contribution is 2.41. The summed E-state index contributed by atoms with van der Waals surface area (Å²) in [6.07, 6.45) is 1.45. The van der Waals surface area contributed by atoms with Crippen LogP contribution in [0.2, 0.25) is 5.02 Å². The summed E-state index contributed by atoms with van der Waals surface area (Å²) in [5, 5.41) is 10.6. The lowest BCUT2D eigenvalue weighted by molar-refractivity contribution is -0.138. The molecule has 0 fully saturated rings. The molecule has 1 aliphatic rings. The van der Waals surface area contributed by atoms with Gasteiger partial charge in [0, 0.05) is 19.9 Å². The number of hydrogen-bond acceptors (Lipinski definition) is 3. The van der Waals surface area contributed by atoms with Crippen LogP contribution in [0.25, 0.3) is 10.6 Å². The van der Waals surface area contributed by atoms with E-state index in [4.69, 9.17) is 11.6 Å². The summed E-state index contributed by atoms with van der Waals surface area (Å²) in [4.78, 5) is 16.8. The van der Waals surface area contributed by atoms with Gasteiger partial charge in [0.1, 0.15) is 10.9 Å². The van der Waals surface area contributed by atoms with E-state index in [1.165, 1.54) is 0 Å². The first-order valence-electron chi connectivity index (χ1n) is 5.74. The Kier molecular flexibility index (Phi) is 3.37. The molecule has 1 aromatic carbocycles. The van der Waals surface area contributed by atoms with Crippen LogP contribution in [0.3, 0.4) is 0 Å². The van der Waals surface area contributed by atoms with Gasteiger partial charge in [-0.25, -0.2) is 4.98 Å². The Hall–Kier alpha value is -0.910. The van der Waals surface area contributed by atoms with Crippen LogP contribution in [0.1, 0.15) is 22.9 Å². The van der Waals surface area contributed by atoms with Crippen molar-refractivity contribution >= 4 is 44.8 Å². The molecule has 1 N–H and O–H groups in total. The van der Waals surface area contributed by atoms with E-state index in [-0.39, 0.29) is 0 Å². The Morgan fingerprint density at radius 3 is 3.05 bits per heavy atom. The normalized spacial score (nSPS) is 17.5. The van der Waals surface area contributed by atoms with E-state index in [1.807, 2.05) is 12.1 Å². The molecule has 1 unspecified atom stereocenters. The molecule has 0 spiro atoms. The Balaban J connectivity index is 2.07. The van der Waals surface area contributed by atoms with Crippen LogP contribution in [0.4, 0.5) is 0 Å². The largest absolute Gasteiger partial charge is 0.481 e. The highest BCUT2D eigenvalue weighted by Gasteiger charge is 2.32. The van der Waals surface area contributed by atoms with Crippen molar-refractivity contribution < 1.29 is 9.90 Å². The second-order valence-corrected chi connectivity index (χ2v) is 6.76. The average Bonchev–Trinajstić information content (AvgIpc) is 2.91. The number of carboxylic acid groups (broad SMARTS) is 1. The lowest BCUT2D eigenvalue weighted by Crippen LogP contribution is -2.08. The molecule has 1 heterocycles. The van der Waals surface area contributed by atoms with E-state index in [0.717, 1.165) is 32.0 Å². The minimum atomic E-state index is -0.791. The number of aromatic nitrogens is 1. The third-order valence-electron chi connectivity index (χ3n) is 3.17. The van der Waals surface area contributed by atoms with E-state index in [9.17, 15) is 9.90 Å². The molecule has 0 radical (unpaired) electrons. The number of rotatable bonds is 2. The highest BCUT2D eigenvalue weighted by atomic mass is 79.9. The van der Waals surface area contributed by atoms with Gasteiger partial charge in [0.2, 0.25) is 0 Å². The number of nitrogens with zero attached hydrogens (tertiary/aromatic N) is 1. The minimum absolute atomic E-state index is 0.460. The fourth-order valence-electron chi connectivity index (χ4n) is 2.24. The van der Waals surface area contributed by atoms with Gasteiger partial charge in [-0.3, -0.25) is 4.79 Å². The maximum Gasteiger partial charge on any atom is 0.312 e. The van der Waals surface area contributed by atoms with Gasteiger partial charge in [-0.05, 0) is 31.0 Å². The summed E-state index contributed by atoms with van der Waals surface area (Å²) in [5.41, 5.74) is 1.63. The number of carboxylic acids is 1. The molecule has 1 atom stereocenters. The highest BCUT2D eigenvalue weighted by molar-refractivity contribution is 9.10. The molecule has 1 aliphatic carbocycles. The van der Waals surface area contributed by atoms with Crippen LogP contribution < -0.4 is 0 Å². The Labute approximate surface area is 127 Å². The van der Waals surface area contributed by atoms with Crippen molar-refractivity contribution in [2.75, 3.05) is 0 Å². The third-order valence-corrected chi connectivity index (χ3v) is 5.27. The molecule has 0 saturated heterocycles. The van der Waals surface area contributed by atoms with Gasteiger partial charge in [-0.1, -0.05) is 27.5 Å². The Morgan fingerprint density at radius 2 is 2.32 bits per heavy atom. The lowest BCUT2D eigenvalue weighted by Gasteiger charge is -2.03. The predicted molar refractivity (Wildman–Crippen MR) is 79.0 cm³/mol. The van der Waals surface area contributed by atoms with Gasteiger partial charge in [0.25, 0.3) is 0 Å². The van der Waals surface area contributed by atoms with Crippen molar-refractivity contribution in [3.05, 3.63) is 38.3 Å². The van der Waals surface area contributed by atoms with Crippen LogP contribution in [0, 0.1) is 0 Å². The maximum atomic E-state index is 11.2. The first-order chi connectivity index (χ1) is 9.06. The summed E-state index contributed by atoms with van der Waals surface area (Å²) in [6.45, 7) is 0. The number of aliphatic carboxylic acids is 1. The van der Waals surface area contributed by atoms with Crippen LogP contribution >= 0.6 is 38.9 Å². The first kappa shape index (κ1) is 13.1. The molecule has 0 bridgehead atoms. The SMILES string of the molecule is O=C(O)C1CCc2sc(-c3cc(Cl)ccc3Br)nc21. The number of carbonyl (C=O) groups is 1. The maximum absolute atomic E-state index is 11.2. The first-order valence-corrected chi connectivity index (χ1v) is 7.73. The van der Waals surface area contributed by atoms with E-state index >= 15 is 0 Å². The van der Waals surface area contributed by atoms with Crippen molar-refractivity contribution in [2.45, 2.75) is 18.8 Å². The fourth-order valence-corrected chi connectivity index (χ4v) is 4.15. The Bertz CT molecular complexity index is 671. The van der Waals surface area contributed by atoms with Crippen molar-refractivity contribution in [1.29, 1.82) is 0 Å². The van der Waals surface area contributed by atoms with Crippen LogP contribution in [0.15, 0.2) is 22.7 Å². The number of halogens is 2. The Morgan fingerprint density at radius 1 is 1.53 bits per heavy atom. The predicted octanol–water partition coefficient (Wildman–Crippen LogP) is 4.34. The molecule has 3 rings (SSSR count). The quantitative estimate of drug-likeness (QED) is 0.868. The van der Waals surface area contributed by atoms with Gasteiger partial charge in [-0.2, -0.15) is 0 Å². The average molecular weight is 359 g/mol. The summed E-state index contributed by atoms with van der Waals surface area (Å²) < 4.78 is 0.913. The molecule has 19 heavy (non-hydrogen) atoms. The second-order valence-electron chi connectivity index (χ2n) is 4.38. The van der Waals surface area contributed by atoms with E-state index in [0.29, 0.717) is 11.4 Å². The zero-order chi connectivity index (χ0) is 13.6. The molecule has 0 saturated carbocycles. The molecule has 6 heteroatoms. The molecule has 0 aliphatic heterocycles. The molecule has 98 valence electrons. The smallest absolute Gasteiger partial charge is 0.312 e. The second kappa shape index (κ2) is 4.89. The van der Waals surface area contributed by atoms with Gasteiger partial charge in [0.15, 0.2) is 0 Å². The van der Waals surface area contributed by atoms with Gasteiger partial charge in [0.05, 0.1) is 5.69 Å². The number of fused-ring (bicyclic) bond motifs is 1. The number of thiazole rings is 1. The number of aryl methyl sites for hydroxylation is 1.